The zero-order valence-electron chi connectivity index (χ0n) is 8.09. The molecule has 0 saturated carbocycles. The van der Waals surface area contributed by atoms with Crippen molar-refractivity contribution in [2.24, 2.45) is 17.6 Å². The first-order chi connectivity index (χ1) is 6.15. The van der Waals surface area contributed by atoms with Gasteiger partial charge in [0.05, 0.1) is 0 Å². The molecular formula is C10H16BrNS. The second kappa shape index (κ2) is 5.13. The van der Waals surface area contributed by atoms with E-state index in [1.165, 1.54) is 9.35 Å². The van der Waals surface area contributed by atoms with E-state index in [0.29, 0.717) is 11.8 Å². The van der Waals surface area contributed by atoms with Gasteiger partial charge in [-0.1, -0.05) is 13.8 Å². The van der Waals surface area contributed by atoms with E-state index in [2.05, 4.69) is 41.2 Å². The molecule has 1 unspecified atom stereocenters. The van der Waals surface area contributed by atoms with E-state index in [0.717, 1.165) is 13.0 Å². The first-order valence-corrected chi connectivity index (χ1v) is 6.24. The molecule has 0 aromatic carbocycles. The topological polar surface area (TPSA) is 26.0 Å². The Bertz CT molecular complexity index is 257. The van der Waals surface area contributed by atoms with E-state index in [1.807, 2.05) is 11.3 Å². The van der Waals surface area contributed by atoms with Gasteiger partial charge in [0.25, 0.3) is 0 Å². The normalized spacial score (nSPS) is 13.6. The van der Waals surface area contributed by atoms with Gasteiger partial charge in [-0.15, -0.1) is 11.3 Å². The number of hydrogen-bond donors (Lipinski definition) is 1. The van der Waals surface area contributed by atoms with E-state index >= 15 is 0 Å². The van der Waals surface area contributed by atoms with Crippen molar-refractivity contribution in [3.8, 4) is 0 Å². The van der Waals surface area contributed by atoms with Gasteiger partial charge in [0, 0.05) is 9.35 Å². The predicted octanol–water partition coefficient (Wildman–Crippen LogP) is 3.28. The Labute approximate surface area is 92.5 Å². The maximum atomic E-state index is 5.73. The number of halogens is 1. The standard InChI is InChI=1S/C10H16BrNS/c1-7(2)8(6-12)5-10-9(11)3-4-13-10/h3-4,7-8H,5-6,12H2,1-2H3. The summed E-state index contributed by atoms with van der Waals surface area (Å²) in [7, 11) is 0. The quantitative estimate of drug-likeness (QED) is 0.885. The van der Waals surface area contributed by atoms with Crippen molar-refractivity contribution in [1.82, 2.24) is 0 Å². The molecule has 1 aromatic rings. The molecule has 0 aliphatic heterocycles. The van der Waals surface area contributed by atoms with Gasteiger partial charge in [0.1, 0.15) is 0 Å². The molecule has 1 aromatic heterocycles. The van der Waals surface area contributed by atoms with E-state index < -0.39 is 0 Å². The van der Waals surface area contributed by atoms with Gasteiger partial charge in [-0.3, -0.25) is 0 Å². The molecular weight excluding hydrogens is 246 g/mol. The molecule has 1 atom stereocenters. The fourth-order valence-corrected chi connectivity index (χ4v) is 2.91. The maximum Gasteiger partial charge on any atom is 0.0314 e. The first kappa shape index (κ1) is 11.2. The largest absolute Gasteiger partial charge is 0.330 e. The van der Waals surface area contributed by atoms with Gasteiger partial charge < -0.3 is 5.73 Å². The van der Waals surface area contributed by atoms with Crippen LogP contribution in [0.3, 0.4) is 0 Å². The predicted molar refractivity (Wildman–Crippen MR) is 63.1 cm³/mol. The fourth-order valence-electron chi connectivity index (χ4n) is 1.30. The summed E-state index contributed by atoms with van der Waals surface area (Å²) < 4.78 is 1.23. The van der Waals surface area contributed by atoms with Gasteiger partial charge >= 0.3 is 0 Å². The van der Waals surface area contributed by atoms with E-state index in [9.17, 15) is 0 Å². The fraction of sp³-hybridized carbons (Fsp3) is 0.600. The van der Waals surface area contributed by atoms with Crippen LogP contribution in [0.15, 0.2) is 15.9 Å². The zero-order chi connectivity index (χ0) is 9.84. The molecule has 0 fully saturated rings. The highest BCUT2D eigenvalue weighted by Crippen LogP contribution is 2.27. The molecule has 0 saturated heterocycles. The lowest BCUT2D eigenvalue weighted by molar-refractivity contribution is 0.394. The zero-order valence-corrected chi connectivity index (χ0v) is 10.5. The van der Waals surface area contributed by atoms with Crippen molar-refractivity contribution in [2.45, 2.75) is 20.3 Å². The van der Waals surface area contributed by atoms with Crippen LogP contribution in [0.25, 0.3) is 0 Å². The van der Waals surface area contributed by atoms with Gasteiger partial charge in [-0.25, -0.2) is 0 Å². The molecule has 13 heavy (non-hydrogen) atoms. The Hall–Kier alpha value is 0.140. The lowest BCUT2D eigenvalue weighted by Crippen LogP contribution is -2.21. The van der Waals surface area contributed by atoms with Gasteiger partial charge in [-0.05, 0) is 52.2 Å². The van der Waals surface area contributed by atoms with Gasteiger partial charge in [0.2, 0.25) is 0 Å². The second-order valence-corrected chi connectivity index (χ2v) is 5.49. The lowest BCUT2D eigenvalue weighted by Gasteiger charge is -2.17. The third-order valence-electron chi connectivity index (χ3n) is 2.38. The Morgan fingerprint density at radius 2 is 2.23 bits per heavy atom. The highest BCUT2D eigenvalue weighted by atomic mass is 79.9. The molecule has 0 spiro atoms. The minimum atomic E-state index is 0.606. The monoisotopic (exact) mass is 261 g/mol. The molecule has 3 heteroatoms. The van der Waals surface area contributed by atoms with Crippen LogP contribution in [0.4, 0.5) is 0 Å². The number of nitrogens with two attached hydrogens (primary N) is 1. The molecule has 0 radical (unpaired) electrons. The first-order valence-electron chi connectivity index (χ1n) is 4.57. The minimum Gasteiger partial charge on any atom is -0.330 e. The molecule has 2 N–H and O–H groups in total. The summed E-state index contributed by atoms with van der Waals surface area (Å²) in [5, 5.41) is 2.12. The Morgan fingerprint density at radius 3 is 2.62 bits per heavy atom. The molecule has 1 nitrogen and oxygen atoms in total. The van der Waals surface area contributed by atoms with Crippen LogP contribution in [0.1, 0.15) is 18.7 Å². The Kier molecular flexibility index (Phi) is 4.42. The van der Waals surface area contributed by atoms with Crippen LogP contribution in [-0.4, -0.2) is 6.54 Å². The van der Waals surface area contributed by atoms with E-state index in [4.69, 9.17) is 5.73 Å². The molecule has 1 rings (SSSR count). The Morgan fingerprint density at radius 1 is 1.54 bits per heavy atom. The van der Waals surface area contributed by atoms with Gasteiger partial charge in [0.15, 0.2) is 0 Å². The average Bonchev–Trinajstić information content (AvgIpc) is 2.46. The lowest BCUT2D eigenvalue weighted by atomic mass is 9.92. The molecule has 74 valence electrons. The number of hydrogen-bond acceptors (Lipinski definition) is 2. The van der Waals surface area contributed by atoms with Crippen molar-refractivity contribution in [3.63, 3.8) is 0 Å². The summed E-state index contributed by atoms with van der Waals surface area (Å²) in [6, 6.07) is 2.11. The van der Waals surface area contributed by atoms with Crippen LogP contribution in [0.2, 0.25) is 0 Å². The van der Waals surface area contributed by atoms with E-state index in [-0.39, 0.29) is 0 Å². The summed E-state index contributed by atoms with van der Waals surface area (Å²) in [5.41, 5.74) is 5.73. The summed E-state index contributed by atoms with van der Waals surface area (Å²) in [6.45, 7) is 5.25. The van der Waals surface area contributed by atoms with Crippen molar-refractivity contribution >= 4 is 27.3 Å². The summed E-state index contributed by atoms with van der Waals surface area (Å²) in [5.74, 6) is 1.27. The highest BCUT2D eigenvalue weighted by molar-refractivity contribution is 9.10. The number of rotatable bonds is 4. The molecule has 0 aliphatic carbocycles. The third-order valence-corrected chi connectivity index (χ3v) is 4.33. The smallest absolute Gasteiger partial charge is 0.0314 e. The maximum absolute atomic E-state index is 5.73. The van der Waals surface area contributed by atoms with Gasteiger partial charge in [-0.2, -0.15) is 0 Å². The Balaban J connectivity index is 2.62. The highest BCUT2D eigenvalue weighted by Gasteiger charge is 2.14. The van der Waals surface area contributed by atoms with Crippen molar-refractivity contribution in [2.75, 3.05) is 6.54 Å². The summed E-state index contributed by atoms with van der Waals surface area (Å²) in [4.78, 5) is 1.42. The summed E-state index contributed by atoms with van der Waals surface area (Å²) >= 11 is 5.35. The molecule has 0 bridgehead atoms. The third kappa shape index (κ3) is 3.08. The SMILES string of the molecule is CC(C)C(CN)Cc1sccc1Br. The minimum absolute atomic E-state index is 0.606. The number of thiophene rings is 1. The summed E-state index contributed by atoms with van der Waals surface area (Å²) in [6.07, 6.45) is 1.10. The van der Waals surface area contributed by atoms with Crippen LogP contribution in [0, 0.1) is 11.8 Å². The second-order valence-electron chi connectivity index (χ2n) is 3.64. The van der Waals surface area contributed by atoms with Crippen molar-refractivity contribution in [3.05, 3.63) is 20.8 Å². The molecule has 0 amide bonds. The van der Waals surface area contributed by atoms with Crippen LogP contribution < -0.4 is 5.73 Å². The van der Waals surface area contributed by atoms with Crippen LogP contribution in [-0.2, 0) is 6.42 Å². The van der Waals surface area contributed by atoms with Crippen molar-refractivity contribution < 1.29 is 0 Å². The molecule has 1 heterocycles. The van der Waals surface area contributed by atoms with Crippen LogP contribution in [0.5, 0.6) is 0 Å². The molecule has 0 aliphatic rings. The average molecular weight is 262 g/mol. The van der Waals surface area contributed by atoms with Crippen molar-refractivity contribution in [1.29, 1.82) is 0 Å². The van der Waals surface area contributed by atoms with E-state index in [1.54, 1.807) is 0 Å². The van der Waals surface area contributed by atoms with Crippen LogP contribution >= 0.6 is 27.3 Å².